The molecule has 4 aromatic rings. The molecule has 0 aliphatic rings. The van der Waals surface area contributed by atoms with Gasteiger partial charge in [-0.25, -0.2) is 17.9 Å². The highest BCUT2D eigenvalue weighted by Crippen LogP contribution is 2.29. The van der Waals surface area contributed by atoms with E-state index in [1.165, 1.54) is 60.3 Å². The van der Waals surface area contributed by atoms with Crippen LogP contribution in [0.2, 0.25) is 5.02 Å². The van der Waals surface area contributed by atoms with Crippen LogP contribution in [0.1, 0.15) is 10.6 Å². The highest BCUT2D eigenvalue weighted by atomic mass is 35.5. The number of nitrogens with one attached hydrogen (secondary N) is 1. The van der Waals surface area contributed by atoms with Gasteiger partial charge in [0.1, 0.15) is 5.75 Å². The second-order valence-corrected chi connectivity index (χ2v) is 8.49. The van der Waals surface area contributed by atoms with Crippen molar-refractivity contribution in [3.8, 4) is 5.75 Å². The molecule has 0 spiro atoms. The van der Waals surface area contributed by atoms with Crippen molar-refractivity contribution in [3.63, 3.8) is 0 Å². The average Bonchev–Trinajstić information content (AvgIpc) is 3.18. The Kier molecular flexibility index (Phi) is 5.10. The van der Waals surface area contributed by atoms with Crippen molar-refractivity contribution in [1.29, 1.82) is 0 Å². The Morgan fingerprint density at radius 1 is 1.13 bits per heavy atom. The third kappa shape index (κ3) is 3.82. The van der Waals surface area contributed by atoms with Gasteiger partial charge in [0.25, 0.3) is 11.7 Å². The minimum atomic E-state index is -3.87. The lowest BCUT2D eigenvalue weighted by atomic mass is 10.3. The molecular formula is C19H14ClN5O4S. The molecule has 11 heteroatoms. The maximum atomic E-state index is 13.0. The summed E-state index contributed by atoms with van der Waals surface area (Å²) in [5.74, 6) is -0.216. The van der Waals surface area contributed by atoms with E-state index in [2.05, 4.69) is 20.4 Å². The molecule has 0 atom stereocenters. The molecule has 4 rings (SSSR count). The number of nitrogens with zero attached hydrogens (tertiary/aromatic N) is 4. The minimum absolute atomic E-state index is 0.0518. The topological polar surface area (TPSA) is 116 Å². The molecule has 2 aromatic heterocycles. The summed E-state index contributed by atoms with van der Waals surface area (Å²) in [5, 5.41) is 7.06. The monoisotopic (exact) mass is 443 g/mol. The van der Waals surface area contributed by atoms with Crippen molar-refractivity contribution in [2.45, 2.75) is 9.79 Å². The largest absolute Gasteiger partial charge is 0.497 e. The number of fused-ring (bicyclic) bond motifs is 1. The molecule has 0 radical (unpaired) electrons. The fourth-order valence-electron chi connectivity index (χ4n) is 2.68. The van der Waals surface area contributed by atoms with Crippen LogP contribution in [0.15, 0.2) is 70.7 Å². The van der Waals surface area contributed by atoms with E-state index in [-0.39, 0.29) is 32.8 Å². The van der Waals surface area contributed by atoms with Gasteiger partial charge in [0.2, 0.25) is 15.7 Å². The fraction of sp³-hybridized carbons (Fsp3) is 0.0526. The number of benzene rings is 2. The first-order valence-electron chi connectivity index (χ1n) is 8.55. The zero-order valence-electron chi connectivity index (χ0n) is 15.5. The summed E-state index contributed by atoms with van der Waals surface area (Å²) in [6.07, 6.45) is 3.14. The van der Waals surface area contributed by atoms with E-state index in [0.29, 0.717) is 5.02 Å². The van der Waals surface area contributed by atoms with Crippen LogP contribution >= 0.6 is 11.6 Å². The van der Waals surface area contributed by atoms with Crippen LogP contribution in [0.25, 0.3) is 5.78 Å². The number of anilines is 1. The number of rotatable bonds is 5. The summed E-state index contributed by atoms with van der Waals surface area (Å²) in [6.45, 7) is 0. The summed E-state index contributed by atoms with van der Waals surface area (Å²) < 4.78 is 32.5. The number of carbonyl (C=O) groups is 1. The van der Waals surface area contributed by atoms with E-state index in [0.717, 1.165) is 0 Å². The molecule has 0 saturated heterocycles. The van der Waals surface area contributed by atoms with Crippen LogP contribution in [0.3, 0.4) is 0 Å². The predicted molar refractivity (Wildman–Crippen MR) is 109 cm³/mol. The summed E-state index contributed by atoms with van der Waals surface area (Å²) in [4.78, 5) is 20.6. The fourth-order valence-corrected chi connectivity index (χ4v) is 4.13. The zero-order valence-corrected chi connectivity index (χ0v) is 17.1. The Morgan fingerprint density at radius 2 is 1.90 bits per heavy atom. The van der Waals surface area contributed by atoms with Gasteiger partial charge < -0.3 is 10.1 Å². The molecule has 2 aromatic carbocycles. The molecule has 1 N–H and O–H groups in total. The second kappa shape index (κ2) is 7.73. The number of ether oxygens (including phenoxy) is 1. The van der Waals surface area contributed by atoms with Gasteiger partial charge >= 0.3 is 0 Å². The van der Waals surface area contributed by atoms with Gasteiger partial charge in [0.05, 0.1) is 16.9 Å². The third-order valence-electron chi connectivity index (χ3n) is 4.13. The Bertz CT molecular complexity index is 1320. The lowest BCUT2D eigenvalue weighted by molar-refractivity contribution is 0.101. The Balaban J connectivity index is 1.68. The maximum absolute atomic E-state index is 13.0. The number of amides is 1. The van der Waals surface area contributed by atoms with E-state index in [1.54, 1.807) is 12.3 Å². The lowest BCUT2D eigenvalue weighted by Crippen LogP contribution is -2.14. The molecule has 9 nitrogen and oxygen atoms in total. The quantitative estimate of drug-likeness (QED) is 0.504. The number of carbonyl (C=O) groups excluding carboxylic acids is 1. The normalized spacial score (nSPS) is 11.4. The summed E-state index contributed by atoms with van der Waals surface area (Å²) in [5.41, 5.74) is 0.207. The molecule has 0 saturated carbocycles. The van der Waals surface area contributed by atoms with Crippen molar-refractivity contribution < 1.29 is 17.9 Å². The molecule has 0 fully saturated rings. The number of aromatic nitrogens is 4. The zero-order chi connectivity index (χ0) is 21.3. The molecular weight excluding hydrogens is 430 g/mol. The first-order chi connectivity index (χ1) is 14.4. The number of halogens is 1. The lowest BCUT2D eigenvalue weighted by Gasteiger charge is -2.11. The van der Waals surface area contributed by atoms with Gasteiger partial charge in [-0.2, -0.15) is 4.98 Å². The van der Waals surface area contributed by atoms with E-state index in [9.17, 15) is 13.2 Å². The molecule has 1 amide bonds. The number of hydrogen-bond acceptors (Lipinski definition) is 7. The second-order valence-electron chi connectivity index (χ2n) is 6.11. The van der Waals surface area contributed by atoms with Gasteiger partial charge in [-0.05, 0) is 42.5 Å². The Labute approximate surface area is 176 Å². The third-order valence-corrected chi connectivity index (χ3v) is 6.13. The van der Waals surface area contributed by atoms with Crippen molar-refractivity contribution in [2.75, 3.05) is 12.4 Å². The smallest absolute Gasteiger partial charge is 0.295 e. The highest BCUT2D eigenvalue weighted by molar-refractivity contribution is 7.91. The maximum Gasteiger partial charge on any atom is 0.295 e. The van der Waals surface area contributed by atoms with Crippen LogP contribution in [-0.2, 0) is 9.84 Å². The van der Waals surface area contributed by atoms with E-state index >= 15 is 0 Å². The summed E-state index contributed by atoms with van der Waals surface area (Å²) >= 11 is 5.85. The minimum Gasteiger partial charge on any atom is -0.497 e. The molecule has 0 bridgehead atoms. The summed E-state index contributed by atoms with van der Waals surface area (Å²) in [6, 6.07) is 11.6. The van der Waals surface area contributed by atoms with Gasteiger partial charge in [-0.1, -0.05) is 11.6 Å². The van der Waals surface area contributed by atoms with Crippen molar-refractivity contribution >= 4 is 38.8 Å². The van der Waals surface area contributed by atoms with E-state index in [1.807, 2.05) is 0 Å². The van der Waals surface area contributed by atoms with Crippen molar-refractivity contribution in [1.82, 2.24) is 19.6 Å². The van der Waals surface area contributed by atoms with Gasteiger partial charge in [0.15, 0.2) is 0 Å². The molecule has 2 heterocycles. The van der Waals surface area contributed by atoms with Gasteiger partial charge in [0, 0.05) is 29.2 Å². The Hall–Kier alpha value is -3.50. The van der Waals surface area contributed by atoms with Crippen LogP contribution in [0.4, 0.5) is 5.69 Å². The first-order valence-corrected chi connectivity index (χ1v) is 10.4. The van der Waals surface area contributed by atoms with Crippen LogP contribution < -0.4 is 10.1 Å². The number of hydrogen-bond donors (Lipinski definition) is 1. The van der Waals surface area contributed by atoms with Crippen LogP contribution in [0, 0.1) is 0 Å². The van der Waals surface area contributed by atoms with Crippen molar-refractivity contribution in [3.05, 3.63) is 71.8 Å². The Morgan fingerprint density at radius 3 is 2.60 bits per heavy atom. The van der Waals surface area contributed by atoms with Crippen LogP contribution in [-0.4, -0.2) is 41.0 Å². The predicted octanol–water partition coefficient (Wildman–Crippen LogP) is 2.87. The molecule has 0 aliphatic carbocycles. The molecule has 152 valence electrons. The van der Waals surface area contributed by atoms with Crippen LogP contribution in [0.5, 0.6) is 5.75 Å². The highest BCUT2D eigenvalue weighted by Gasteiger charge is 2.21. The standard InChI is InChI=1S/C19H14ClN5O4S/c1-29-14-9-13(22-18(26)17-23-19-21-7-2-8-25(19)24-17)10-16(11-14)30(27,28)15-5-3-12(20)4-6-15/h2-11H,1H3,(H,22,26). The van der Waals surface area contributed by atoms with Gasteiger partial charge in [-0.15, -0.1) is 5.10 Å². The SMILES string of the molecule is COc1cc(NC(=O)c2nc3ncccn3n2)cc(S(=O)(=O)c2ccc(Cl)cc2)c1. The first kappa shape index (κ1) is 19.8. The average molecular weight is 444 g/mol. The number of sulfone groups is 1. The van der Waals surface area contributed by atoms with E-state index in [4.69, 9.17) is 16.3 Å². The molecule has 30 heavy (non-hydrogen) atoms. The molecule has 0 unspecified atom stereocenters. The van der Waals surface area contributed by atoms with E-state index < -0.39 is 15.7 Å². The van der Waals surface area contributed by atoms with Crippen molar-refractivity contribution in [2.24, 2.45) is 0 Å². The molecule has 0 aliphatic heterocycles. The summed E-state index contributed by atoms with van der Waals surface area (Å²) in [7, 11) is -2.47. The van der Waals surface area contributed by atoms with Gasteiger partial charge in [-0.3, -0.25) is 4.79 Å². The number of methoxy groups -OCH3 is 1.